The summed E-state index contributed by atoms with van der Waals surface area (Å²) < 4.78 is 11.0. The molecule has 1 saturated heterocycles. The van der Waals surface area contributed by atoms with E-state index in [1.54, 1.807) is 13.8 Å². The van der Waals surface area contributed by atoms with Gasteiger partial charge >= 0.3 is 0 Å². The van der Waals surface area contributed by atoms with Gasteiger partial charge in [-0.1, -0.05) is 12.1 Å². The second-order valence-electron chi connectivity index (χ2n) is 6.75. The van der Waals surface area contributed by atoms with Gasteiger partial charge in [-0.15, -0.1) is 0 Å². The van der Waals surface area contributed by atoms with Crippen LogP contribution in [0.25, 0.3) is 0 Å². The molecule has 1 amide bonds. The van der Waals surface area contributed by atoms with Gasteiger partial charge in [-0.25, -0.2) is 0 Å². The Bertz CT molecular complexity index is 514. The highest BCUT2D eigenvalue weighted by Crippen LogP contribution is 2.35. The second kappa shape index (κ2) is 7.32. The quantitative estimate of drug-likeness (QED) is 0.840. The normalized spacial score (nSPS) is 17.6. The lowest BCUT2D eigenvalue weighted by atomic mass is 9.74. The molecule has 2 rings (SSSR count). The average Bonchev–Trinajstić information content (AvgIpc) is 2.53. The number of carbonyl (C=O) groups excluding carboxylic acids is 1. The van der Waals surface area contributed by atoms with Crippen LogP contribution in [0.15, 0.2) is 24.3 Å². The molecule has 0 radical (unpaired) electrons. The molecule has 3 N–H and O–H groups in total. The molecule has 5 heteroatoms. The molecule has 0 aliphatic carbocycles. The summed E-state index contributed by atoms with van der Waals surface area (Å²) in [6.45, 7) is 8.04. The zero-order valence-corrected chi connectivity index (χ0v) is 14.4. The molecule has 0 saturated carbocycles. The summed E-state index contributed by atoms with van der Waals surface area (Å²) in [4.78, 5) is 12.1. The van der Waals surface area contributed by atoms with Crippen LogP contribution >= 0.6 is 0 Å². The summed E-state index contributed by atoms with van der Waals surface area (Å²) in [5, 5.41) is 3.02. The maximum atomic E-state index is 12.1. The first-order chi connectivity index (χ1) is 10.9. The maximum absolute atomic E-state index is 12.1. The van der Waals surface area contributed by atoms with E-state index in [1.165, 1.54) is 5.56 Å². The number of hydrogen-bond acceptors (Lipinski definition) is 4. The highest BCUT2D eigenvalue weighted by Gasteiger charge is 2.36. The second-order valence-corrected chi connectivity index (χ2v) is 6.75. The molecule has 1 heterocycles. The summed E-state index contributed by atoms with van der Waals surface area (Å²) >= 11 is 0. The van der Waals surface area contributed by atoms with E-state index in [9.17, 15) is 4.79 Å². The first kappa shape index (κ1) is 17.8. The third-order valence-corrected chi connectivity index (χ3v) is 4.40. The molecule has 1 aliphatic rings. The molecule has 128 valence electrons. The summed E-state index contributed by atoms with van der Waals surface area (Å²) in [7, 11) is 0. The maximum Gasteiger partial charge on any atom is 0.239 e. The van der Waals surface area contributed by atoms with Crippen LogP contribution < -0.4 is 15.8 Å². The highest BCUT2D eigenvalue weighted by atomic mass is 16.5. The Hall–Kier alpha value is -1.59. The predicted octanol–water partition coefficient (Wildman–Crippen LogP) is 1.99. The fourth-order valence-electron chi connectivity index (χ4n) is 2.88. The van der Waals surface area contributed by atoms with Crippen molar-refractivity contribution in [3.63, 3.8) is 0 Å². The van der Waals surface area contributed by atoms with Crippen LogP contribution in [-0.4, -0.2) is 37.8 Å². The Morgan fingerprint density at radius 2 is 1.91 bits per heavy atom. The third kappa shape index (κ3) is 4.45. The van der Waals surface area contributed by atoms with Gasteiger partial charge in [0.2, 0.25) is 5.91 Å². The van der Waals surface area contributed by atoms with Crippen molar-refractivity contribution in [2.24, 2.45) is 5.73 Å². The molecule has 1 aromatic carbocycles. The lowest BCUT2D eigenvalue weighted by molar-refractivity contribution is -0.125. The summed E-state index contributed by atoms with van der Waals surface area (Å²) in [6, 6.07) is 8.17. The number of nitrogens with two attached hydrogens (primary N) is 1. The van der Waals surface area contributed by atoms with Crippen molar-refractivity contribution in [2.45, 2.75) is 44.6 Å². The fraction of sp³-hybridized carbons (Fsp3) is 0.611. The number of benzene rings is 1. The van der Waals surface area contributed by atoms with Gasteiger partial charge in [0.1, 0.15) is 5.75 Å². The molecule has 0 atom stereocenters. The van der Waals surface area contributed by atoms with Crippen LogP contribution in [-0.2, 0) is 14.9 Å². The number of carbonyl (C=O) groups is 1. The van der Waals surface area contributed by atoms with Crippen LogP contribution in [0.4, 0.5) is 0 Å². The molecule has 0 unspecified atom stereocenters. The van der Waals surface area contributed by atoms with E-state index in [1.807, 2.05) is 19.1 Å². The van der Waals surface area contributed by atoms with Crippen LogP contribution in [0, 0.1) is 0 Å². The van der Waals surface area contributed by atoms with E-state index < -0.39 is 5.54 Å². The highest BCUT2D eigenvalue weighted by molar-refractivity contribution is 5.85. The van der Waals surface area contributed by atoms with Gasteiger partial charge in [-0.2, -0.15) is 0 Å². The van der Waals surface area contributed by atoms with E-state index >= 15 is 0 Å². The number of hydrogen-bond donors (Lipinski definition) is 2. The number of ether oxygens (including phenoxy) is 2. The molecule has 1 fully saturated rings. The van der Waals surface area contributed by atoms with E-state index in [0.717, 1.165) is 18.6 Å². The number of amides is 1. The molecule has 0 aromatic heterocycles. The molecule has 0 spiro atoms. The molecule has 5 nitrogen and oxygen atoms in total. The Labute approximate surface area is 138 Å². The zero-order chi connectivity index (χ0) is 16.9. The van der Waals surface area contributed by atoms with Gasteiger partial charge < -0.3 is 20.5 Å². The first-order valence-corrected chi connectivity index (χ1v) is 8.26. The SMILES string of the molecule is CCOc1ccc(C2(CNC(=O)C(C)(C)N)CCOCC2)cc1. The zero-order valence-electron chi connectivity index (χ0n) is 14.4. The van der Waals surface area contributed by atoms with Crippen molar-refractivity contribution < 1.29 is 14.3 Å². The van der Waals surface area contributed by atoms with Crippen LogP contribution in [0.3, 0.4) is 0 Å². The van der Waals surface area contributed by atoms with E-state index in [0.29, 0.717) is 26.4 Å². The molecular weight excluding hydrogens is 292 g/mol. The lowest BCUT2D eigenvalue weighted by Crippen LogP contribution is -2.53. The Morgan fingerprint density at radius 3 is 2.43 bits per heavy atom. The standard InChI is InChI=1S/C18H28N2O3/c1-4-23-15-7-5-14(6-8-15)18(9-11-22-12-10-18)13-20-16(21)17(2,3)19/h5-8H,4,9-13,19H2,1-3H3,(H,20,21). The predicted molar refractivity (Wildman–Crippen MR) is 90.6 cm³/mol. The van der Waals surface area contributed by atoms with Gasteiger partial charge in [-0.3, -0.25) is 4.79 Å². The minimum Gasteiger partial charge on any atom is -0.494 e. The minimum absolute atomic E-state index is 0.107. The Morgan fingerprint density at radius 1 is 1.30 bits per heavy atom. The largest absolute Gasteiger partial charge is 0.494 e. The minimum atomic E-state index is -0.870. The summed E-state index contributed by atoms with van der Waals surface area (Å²) in [5.41, 5.74) is 6.11. The van der Waals surface area contributed by atoms with Crippen molar-refractivity contribution in [3.8, 4) is 5.75 Å². The first-order valence-electron chi connectivity index (χ1n) is 8.26. The molecule has 1 aliphatic heterocycles. The fourth-order valence-corrected chi connectivity index (χ4v) is 2.88. The topological polar surface area (TPSA) is 73.6 Å². The van der Waals surface area contributed by atoms with Gasteiger partial charge in [0, 0.05) is 25.2 Å². The van der Waals surface area contributed by atoms with Gasteiger partial charge in [0.05, 0.1) is 12.1 Å². The van der Waals surface area contributed by atoms with Crippen molar-refractivity contribution >= 4 is 5.91 Å². The molecule has 23 heavy (non-hydrogen) atoms. The van der Waals surface area contributed by atoms with Crippen molar-refractivity contribution in [3.05, 3.63) is 29.8 Å². The van der Waals surface area contributed by atoms with Gasteiger partial charge in [-0.05, 0) is 51.3 Å². The average molecular weight is 320 g/mol. The summed E-state index contributed by atoms with van der Waals surface area (Å²) in [5.74, 6) is 0.736. The van der Waals surface area contributed by atoms with E-state index in [2.05, 4.69) is 17.4 Å². The van der Waals surface area contributed by atoms with Crippen molar-refractivity contribution in [1.29, 1.82) is 0 Å². The molecular formula is C18H28N2O3. The third-order valence-electron chi connectivity index (χ3n) is 4.40. The monoisotopic (exact) mass is 320 g/mol. The number of rotatable bonds is 6. The smallest absolute Gasteiger partial charge is 0.239 e. The summed E-state index contributed by atoms with van der Waals surface area (Å²) in [6.07, 6.45) is 1.76. The van der Waals surface area contributed by atoms with Crippen LogP contribution in [0.5, 0.6) is 5.75 Å². The van der Waals surface area contributed by atoms with Crippen molar-refractivity contribution in [2.75, 3.05) is 26.4 Å². The van der Waals surface area contributed by atoms with E-state index in [-0.39, 0.29) is 11.3 Å². The van der Waals surface area contributed by atoms with Crippen LogP contribution in [0.1, 0.15) is 39.2 Å². The number of nitrogens with one attached hydrogen (secondary N) is 1. The molecule has 0 bridgehead atoms. The van der Waals surface area contributed by atoms with Gasteiger partial charge in [0.15, 0.2) is 0 Å². The van der Waals surface area contributed by atoms with Crippen LogP contribution in [0.2, 0.25) is 0 Å². The lowest BCUT2D eigenvalue weighted by Gasteiger charge is -2.38. The Kier molecular flexibility index (Phi) is 5.65. The van der Waals surface area contributed by atoms with E-state index in [4.69, 9.17) is 15.2 Å². The Balaban J connectivity index is 2.16. The van der Waals surface area contributed by atoms with Gasteiger partial charge in [0.25, 0.3) is 0 Å². The van der Waals surface area contributed by atoms with Crippen molar-refractivity contribution in [1.82, 2.24) is 5.32 Å². The molecule has 1 aromatic rings.